The van der Waals surface area contributed by atoms with Crippen molar-refractivity contribution in [2.45, 2.75) is 58.1 Å². The molecule has 2 atom stereocenters. The zero-order chi connectivity index (χ0) is 28.2. The van der Waals surface area contributed by atoms with Gasteiger partial charge in [-0.25, -0.2) is 4.79 Å². The van der Waals surface area contributed by atoms with Crippen LogP contribution in [-0.2, 0) is 16.1 Å². The Kier molecular flexibility index (Phi) is 14.9. The van der Waals surface area contributed by atoms with Crippen molar-refractivity contribution < 1.29 is 38.3 Å². The van der Waals surface area contributed by atoms with Crippen molar-refractivity contribution in [2.24, 2.45) is 0 Å². The number of benzene rings is 3. The molecule has 0 saturated heterocycles. The number of amides is 1. The number of ether oxygens (including phenoxy) is 1. The molecule has 208 valence electrons. The molecule has 5 nitrogen and oxygen atoms in total. The first-order valence-corrected chi connectivity index (χ1v) is 15.2. The summed E-state index contributed by atoms with van der Waals surface area (Å²) >= 11 is 8.05. The molecule has 0 radical (unpaired) electrons. The summed E-state index contributed by atoms with van der Waals surface area (Å²) in [7, 11) is 0. The molecule has 8 heteroatoms. The zero-order valence-electron chi connectivity index (χ0n) is 23.9. The molecule has 0 saturated carbocycles. The average Bonchev–Trinajstić information content (AvgIpc) is 2.93. The molecule has 0 heterocycles. The van der Waals surface area contributed by atoms with Crippen LogP contribution in [0.5, 0.6) is 0 Å². The van der Waals surface area contributed by atoms with E-state index >= 15 is 0 Å². The van der Waals surface area contributed by atoms with E-state index in [4.69, 9.17) is 16.3 Å². The minimum Gasteiger partial charge on any atom is -0.480 e. The van der Waals surface area contributed by atoms with Crippen molar-refractivity contribution >= 4 is 35.2 Å². The fraction of sp³-hybridized carbons (Fsp3) is 0.375. The molecule has 2 N–H and O–H groups in total. The first-order valence-electron chi connectivity index (χ1n) is 13.4. The number of rotatable bonds is 15. The SMILES string of the molecule is CCCCC(COCc1ccc(C(=O)NC(CCSC)C(=O)O)c(-c2ccccc2C)c1)c1ccccc1Cl.[Li+]. The van der Waals surface area contributed by atoms with Gasteiger partial charge in [-0.1, -0.05) is 79.9 Å². The van der Waals surface area contributed by atoms with Crippen LogP contribution in [0.15, 0.2) is 66.7 Å². The van der Waals surface area contributed by atoms with Crippen LogP contribution in [0.2, 0.25) is 5.02 Å². The van der Waals surface area contributed by atoms with Crippen LogP contribution in [0.4, 0.5) is 0 Å². The molecule has 0 bridgehead atoms. The van der Waals surface area contributed by atoms with Crippen LogP contribution < -0.4 is 24.2 Å². The van der Waals surface area contributed by atoms with Crippen LogP contribution in [-0.4, -0.2) is 41.6 Å². The molecule has 0 aromatic heterocycles. The first kappa shape index (κ1) is 34.0. The summed E-state index contributed by atoms with van der Waals surface area (Å²) in [6.07, 6.45) is 5.46. The topological polar surface area (TPSA) is 75.6 Å². The van der Waals surface area contributed by atoms with E-state index in [2.05, 4.69) is 18.3 Å². The van der Waals surface area contributed by atoms with Gasteiger partial charge in [0.15, 0.2) is 0 Å². The summed E-state index contributed by atoms with van der Waals surface area (Å²) in [4.78, 5) is 25.1. The summed E-state index contributed by atoms with van der Waals surface area (Å²) in [6.45, 7) is 5.11. The number of aryl methyl sites for hydroxylation is 1. The smallest absolute Gasteiger partial charge is 0.480 e. The molecule has 3 aromatic rings. The molecule has 1 amide bonds. The van der Waals surface area contributed by atoms with Gasteiger partial charge in [0.25, 0.3) is 5.91 Å². The van der Waals surface area contributed by atoms with Crippen molar-refractivity contribution in [3.8, 4) is 11.1 Å². The molecule has 0 spiro atoms. The van der Waals surface area contributed by atoms with Gasteiger partial charge in [-0.05, 0) is 77.8 Å². The number of hydrogen-bond donors (Lipinski definition) is 2. The maximum absolute atomic E-state index is 13.3. The monoisotopic (exact) mass is 574 g/mol. The van der Waals surface area contributed by atoms with Gasteiger partial charge >= 0.3 is 24.8 Å². The van der Waals surface area contributed by atoms with Crippen molar-refractivity contribution in [1.29, 1.82) is 0 Å². The van der Waals surface area contributed by atoms with Gasteiger partial charge in [-0.15, -0.1) is 0 Å². The number of hydrogen-bond acceptors (Lipinski definition) is 4. The number of carbonyl (C=O) groups excluding carboxylic acids is 1. The summed E-state index contributed by atoms with van der Waals surface area (Å²) in [6, 6.07) is 20.5. The molecule has 0 fully saturated rings. The van der Waals surface area contributed by atoms with Crippen LogP contribution in [0, 0.1) is 6.92 Å². The van der Waals surface area contributed by atoms with E-state index in [1.54, 1.807) is 17.8 Å². The quantitative estimate of drug-likeness (QED) is 0.256. The van der Waals surface area contributed by atoms with Crippen LogP contribution in [0.3, 0.4) is 0 Å². The van der Waals surface area contributed by atoms with E-state index in [1.807, 2.05) is 67.8 Å². The summed E-state index contributed by atoms with van der Waals surface area (Å²) < 4.78 is 6.21. The Morgan fingerprint density at radius 1 is 1.02 bits per heavy atom. The van der Waals surface area contributed by atoms with E-state index in [-0.39, 0.29) is 24.8 Å². The standard InChI is InChI=1S/C32H38ClNO4S.Li/c1-4-5-11-24(26-13-8-9-14-29(26)33)21-38-20-23-15-16-27(28(19-23)25-12-7-6-10-22(25)2)31(35)34-30(32(36)37)17-18-39-3;/h6-10,12-16,19,24,30H,4-5,11,17-18,20-21H2,1-3H3,(H,34,35)(H,36,37);/q;+1. The number of carboxylic acid groups (broad SMARTS) is 1. The number of aliphatic carboxylic acids is 1. The first-order chi connectivity index (χ1) is 18.8. The fourth-order valence-electron chi connectivity index (χ4n) is 4.61. The minimum absolute atomic E-state index is 0. The Hall–Kier alpha value is -2.20. The second-order valence-electron chi connectivity index (χ2n) is 9.72. The van der Waals surface area contributed by atoms with E-state index in [0.29, 0.717) is 31.0 Å². The number of carbonyl (C=O) groups is 2. The summed E-state index contributed by atoms with van der Waals surface area (Å²) in [5.74, 6) is -0.580. The van der Waals surface area contributed by atoms with Crippen molar-refractivity contribution in [2.75, 3.05) is 18.6 Å². The number of halogens is 1. The van der Waals surface area contributed by atoms with Gasteiger partial charge in [0.05, 0.1) is 13.2 Å². The van der Waals surface area contributed by atoms with Crippen molar-refractivity contribution in [3.63, 3.8) is 0 Å². The predicted octanol–water partition coefficient (Wildman–Crippen LogP) is 4.75. The van der Waals surface area contributed by atoms with Crippen LogP contribution in [0.1, 0.15) is 65.6 Å². The molecule has 3 rings (SSSR count). The summed E-state index contributed by atoms with van der Waals surface area (Å²) in [5.41, 5.74) is 5.21. The Bertz CT molecular complexity index is 1260. The second-order valence-corrected chi connectivity index (χ2v) is 11.1. The largest absolute Gasteiger partial charge is 1.00 e. The van der Waals surface area contributed by atoms with Crippen LogP contribution in [0.25, 0.3) is 11.1 Å². The molecule has 2 unspecified atom stereocenters. The number of carboxylic acids is 1. The molecule has 0 aliphatic rings. The summed E-state index contributed by atoms with van der Waals surface area (Å²) in [5, 5.41) is 13.1. The Morgan fingerprint density at radius 2 is 1.75 bits per heavy atom. The second kappa shape index (κ2) is 17.6. The third-order valence-corrected chi connectivity index (χ3v) is 7.81. The van der Waals surface area contributed by atoms with Crippen molar-refractivity contribution in [1.82, 2.24) is 5.32 Å². The van der Waals surface area contributed by atoms with E-state index in [0.717, 1.165) is 52.1 Å². The predicted molar refractivity (Wildman–Crippen MR) is 162 cm³/mol. The Morgan fingerprint density at radius 3 is 2.42 bits per heavy atom. The van der Waals surface area contributed by atoms with E-state index in [1.165, 1.54) is 0 Å². The van der Waals surface area contributed by atoms with Gasteiger partial charge in [-0.2, -0.15) is 11.8 Å². The zero-order valence-corrected chi connectivity index (χ0v) is 25.5. The van der Waals surface area contributed by atoms with Gasteiger partial charge in [-0.3, -0.25) is 4.79 Å². The maximum Gasteiger partial charge on any atom is 1.00 e. The van der Waals surface area contributed by atoms with Gasteiger partial charge in [0.1, 0.15) is 6.04 Å². The third kappa shape index (κ3) is 9.71. The number of unbranched alkanes of at least 4 members (excludes halogenated alkanes) is 1. The minimum atomic E-state index is -1.03. The molecule has 0 aliphatic carbocycles. The molecular weight excluding hydrogens is 537 g/mol. The molecule has 0 aliphatic heterocycles. The van der Waals surface area contributed by atoms with Crippen LogP contribution >= 0.6 is 23.4 Å². The Balaban J connectivity index is 0.00000560. The third-order valence-electron chi connectivity index (χ3n) is 6.82. The number of thioether (sulfide) groups is 1. The normalized spacial score (nSPS) is 12.3. The van der Waals surface area contributed by atoms with Gasteiger partial charge < -0.3 is 15.2 Å². The van der Waals surface area contributed by atoms with Gasteiger partial charge in [0, 0.05) is 16.5 Å². The Labute approximate surface area is 259 Å². The van der Waals surface area contributed by atoms with E-state index in [9.17, 15) is 14.7 Å². The van der Waals surface area contributed by atoms with Crippen molar-refractivity contribution in [3.05, 3.63) is 94.0 Å². The molecule has 40 heavy (non-hydrogen) atoms. The van der Waals surface area contributed by atoms with Gasteiger partial charge in [0.2, 0.25) is 0 Å². The maximum atomic E-state index is 13.3. The average molecular weight is 575 g/mol. The molecule has 3 aromatic carbocycles. The number of nitrogens with one attached hydrogen (secondary N) is 1. The fourth-order valence-corrected chi connectivity index (χ4v) is 5.37. The molecular formula is C32H38ClLiNO4S+. The van der Waals surface area contributed by atoms with E-state index < -0.39 is 17.9 Å².